The zero-order valence-electron chi connectivity index (χ0n) is 10.8. The number of Topliss-reactive ketones (excluding diaryl/α,β-unsaturated/α-hetero) is 1. The molecule has 21 heavy (non-hydrogen) atoms. The first-order valence-corrected chi connectivity index (χ1v) is 7.12. The Hall–Kier alpha value is -2.34. The summed E-state index contributed by atoms with van der Waals surface area (Å²) in [4.78, 5) is 12.5. The van der Waals surface area contributed by atoms with E-state index < -0.39 is 5.25 Å². The number of thioether (sulfide) groups is 1. The summed E-state index contributed by atoms with van der Waals surface area (Å²) in [5, 5.41) is 38.5. The predicted octanol–water partition coefficient (Wildman–Crippen LogP) is 2.93. The third-order valence-electron chi connectivity index (χ3n) is 3.39. The molecule has 0 radical (unpaired) electrons. The van der Waals surface area contributed by atoms with Gasteiger partial charge in [0.05, 0.1) is 10.5 Å². The molecular weight excluding hydrogens is 292 g/mol. The molecule has 1 atom stereocenters. The summed E-state index contributed by atoms with van der Waals surface area (Å²) >= 11 is 1.20. The minimum absolute atomic E-state index is 0.0655. The normalized spacial score (nSPS) is 17.5. The molecule has 2 aromatic carbocycles. The van der Waals surface area contributed by atoms with Gasteiger partial charge in [0.25, 0.3) is 0 Å². The van der Waals surface area contributed by atoms with Gasteiger partial charge in [-0.2, -0.15) is 0 Å². The van der Waals surface area contributed by atoms with Crippen molar-refractivity contribution in [2.75, 3.05) is 0 Å². The van der Waals surface area contributed by atoms with Gasteiger partial charge in [-0.25, -0.2) is 0 Å². The Labute approximate surface area is 124 Å². The summed E-state index contributed by atoms with van der Waals surface area (Å²) in [6.07, 6.45) is 0.0903. The lowest BCUT2D eigenvalue weighted by Crippen LogP contribution is -2.12. The van der Waals surface area contributed by atoms with Gasteiger partial charge >= 0.3 is 0 Å². The molecule has 0 spiro atoms. The van der Waals surface area contributed by atoms with Gasteiger partial charge in [-0.1, -0.05) is 6.07 Å². The standard InChI is InChI=1S/C15H12O5S/c16-7-1-2-8(11(19)5-7)13-6-12(20)14-9(17)3-4-10(18)15(14)21-13/h1-5,13,16-19H,6H2. The van der Waals surface area contributed by atoms with E-state index in [0.29, 0.717) is 10.5 Å². The van der Waals surface area contributed by atoms with E-state index in [1.807, 2.05) is 0 Å². The van der Waals surface area contributed by atoms with Crippen molar-refractivity contribution in [2.45, 2.75) is 16.6 Å². The highest BCUT2D eigenvalue weighted by Crippen LogP contribution is 2.52. The van der Waals surface area contributed by atoms with Crippen molar-refractivity contribution >= 4 is 17.5 Å². The van der Waals surface area contributed by atoms with E-state index in [1.165, 1.54) is 36.0 Å². The predicted molar refractivity (Wildman–Crippen MR) is 77.1 cm³/mol. The molecule has 0 saturated carbocycles. The second-order valence-corrected chi connectivity index (χ2v) is 6.00. The maximum absolute atomic E-state index is 12.2. The molecule has 0 aromatic heterocycles. The van der Waals surface area contributed by atoms with Gasteiger partial charge in [0.2, 0.25) is 0 Å². The van der Waals surface area contributed by atoms with E-state index in [2.05, 4.69) is 0 Å². The first-order chi connectivity index (χ1) is 9.97. The van der Waals surface area contributed by atoms with Crippen LogP contribution in [-0.4, -0.2) is 26.2 Å². The highest BCUT2D eigenvalue weighted by Gasteiger charge is 2.32. The minimum Gasteiger partial charge on any atom is -0.508 e. The van der Waals surface area contributed by atoms with Crippen molar-refractivity contribution in [1.82, 2.24) is 0 Å². The van der Waals surface area contributed by atoms with Gasteiger partial charge in [0.15, 0.2) is 5.78 Å². The van der Waals surface area contributed by atoms with Gasteiger partial charge in [-0.15, -0.1) is 11.8 Å². The first-order valence-electron chi connectivity index (χ1n) is 6.24. The molecule has 108 valence electrons. The smallest absolute Gasteiger partial charge is 0.169 e. The second-order valence-electron chi connectivity index (χ2n) is 4.78. The number of hydrogen-bond acceptors (Lipinski definition) is 6. The third-order valence-corrected chi connectivity index (χ3v) is 4.74. The number of carbonyl (C=O) groups is 1. The number of phenolic OH excluding ortho intramolecular Hbond substituents is 4. The van der Waals surface area contributed by atoms with Gasteiger partial charge < -0.3 is 20.4 Å². The van der Waals surface area contributed by atoms with Crippen LogP contribution in [0.15, 0.2) is 35.2 Å². The number of rotatable bonds is 1. The molecule has 0 amide bonds. The first kappa shape index (κ1) is 13.6. The number of fused-ring (bicyclic) bond motifs is 1. The Morgan fingerprint density at radius 3 is 2.38 bits per heavy atom. The number of benzene rings is 2. The van der Waals surface area contributed by atoms with Crippen molar-refractivity contribution in [2.24, 2.45) is 0 Å². The lowest BCUT2D eigenvalue weighted by atomic mass is 9.99. The molecule has 4 N–H and O–H groups in total. The Kier molecular flexibility index (Phi) is 3.17. The van der Waals surface area contributed by atoms with Crippen LogP contribution in [0.5, 0.6) is 23.0 Å². The SMILES string of the molecule is O=C1CC(c2ccc(O)cc2O)Sc2c(O)ccc(O)c21. The van der Waals surface area contributed by atoms with Crippen LogP contribution >= 0.6 is 11.8 Å². The Morgan fingerprint density at radius 1 is 0.952 bits per heavy atom. The minimum atomic E-state index is -0.390. The monoisotopic (exact) mass is 304 g/mol. The molecule has 5 nitrogen and oxygen atoms in total. The Bertz CT molecular complexity index is 741. The number of aromatic hydroxyl groups is 4. The summed E-state index contributed by atoms with van der Waals surface area (Å²) in [5.74, 6) is -0.708. The van der Waals surface area contributed by atoms with Crippen LogP contribution in [0.2, 0.25) is 0 Å². The van der Waals surface area contributed by atoms with E-state index in [1.54, 1.807) is 6.07 Å². The molecule has 3 rings (SSSR count). The van der Waals surface area contributed by atoms with Gasteiger partial charge in [0.1, 0.15) is 23.0 Å². The maximum atomic E-state index is 12.2. The topological polar surface area (TPSA) is 98.0 Å². The highest BCUT2D eigenvalue weighted by atomic mass is 32.2. The fourth-order valence-corrected chi connectivity index (χ4v) is 3.75. The van der Waals surface area contributed by atoms with Crippen molar-refractivity contribution in [1.29, 1.82) is 0 Å². The summed E-state index contributed by atoms with van der Waals surface area (Å²) in [6.45, 7) is 0. The van der Waals surface area contributed by atoms with Crippen LogP contribution < -0.4 is 0 Å². The lowest BCUT2D eigenvalue weighted by Gasteiger charge is -2.25. The van der Waals surface area contributed by atoms with Crippen molar-refractivity contribution in [3.8, 4) is 23.0 Å². The largest absolute Gasteiger partial charge is 0.508 e. The molecule has 0 aliphatic carbocycles. The van der Waals surface area contributed by atoms with Gasteiger partial charge in [0, 0.05) is 23.3 Å². The van der Waals surface area contributed by atoms with Gasteiger partial charge in [-0.3, -0.25) is 4.79 Å². The van der Waals surface area contributed by atoms with Gasteiger partial charge in [-0.05, 0) is 18.2 Å². The zero-order chi connectivity index (χ0) is 15.1. The molecule has 6 heteroatoms. The number of ketones is 1. The Morgan fingerprint density at radius 2 is 1.67 bits per heavy atom. The fourth-order valence-electron chi connectivity index (χ4n) is 2.38. The van der Waals surface area contributed by atoms with Crippen LogP contribution in [0, 0.1) is 0 Å². The van der Waals surface area contributed by atoms with E-state index >= 15 is 0 Å². The van der Waals surface area contributed by atoms with Crippen LogP contribution in [0.4, 0.5) is 0 Å². The number of carbonyl (C=O) groups excluding carboxylic acids is 1. The highest BCUT2D eigenvalue weighted by molar-refractivity contribution is 7.99. The average molecular weight is 304 g/mol. The number of hydrogen-bond donors (Lipinski definition) is 4. The molecular formula is C15H12O5S. The van der Waals surface area contributed by atoms with Crippen LogP contribution in [0.25, 0.3) is 0 Å². The fraction of sp³-hybridized carbons (Fsp3) is 0.133. The lowest BCUT2D eigenvalue weighted by molar-refractivity contribution is 0.0972. The van der Waals surface area contributed by atoms with E-state index in [0.717, 1.165) is 0 Å². The van der Waals surface area contributed by atoms with Crippen molar-refractivity contribution in [3.63, 3.8) is 0 Å². The summed E-state index contributed by atoms with van der Waals surface area (Å²) in [7, 11) is 0. The summed E-state index contributed by atoms with van der Waals surface area (Å²) in [6, 6.07) is 6.79. The molecule has 0 saturated heterocycles. The second kappa shape index (κ2) is 4.89. The molecule has 2 aromatic rings. The van der Waals surface area contributed by atoms with Crippen LogP contribution in [-0.2, 0) is 0 Å². The molecule has 1 aliphatic heterocycles. The van der Waals surface area contributed by atoms with E-state index in [-0.39, 0.29) is 40.8 Å². The van der Waals surface area contributed by atoms with Crippen molar-refractivity contribution < 1.29 is 25.2 Å². The zero-order valence-corrected chi connectivity index (χ0v) is 11.6. The molecule has 1 aliphatic rings. The molecule has 1 unspecified atom stereocenters. The third kappa shape index (κ3) is 2.27. The van der Waals surface area contributed by atoms with E-state index in [4.69, 9.17) is 0 Å². The molecule has 0 fully saturated rings. The van der Waals surface area contributed by atoms with Crippen LogP contribution in [0.3, 0.4) is 0 Å². The van der Waals surface area contributed by atoms with Crippen LogP contribution in [0.1, 0.15) is 27.6 Å². The van der Waals surface area contributed by atoms with Crippen molar-refractivity contribution in [3.05, 3.63) is 41.5 Å². The molecule has 1 heterocycles. The summed E-state index contributed by atoms with van der Waals surface area (Å²) in [5.41, 5.74) is 0.620. The Balaban J connectivity index is 2.06. The average Bonchev–Trinajstić information content (AvgIpc) is 2.42. The van der Waals surface area contributed by atoms with E-state index in [9.17, 15) is 25.2 Å². The summed E-state index contributed by atoms with van der Waals surface area (Å²) < 4.78 is 0. The maximum Gasteiger partial charge on any atom is 0.169 e. The number of phenols is 4. The quantitative estimate of drug-likeness (QED) is 0.605. The molecule has 0 bridgehead atoms.